The summed E-state index contributed by atoms with van der Waals surface area (Å²) in [6.07, 6.45) is 4.04. The second-order valence-corrected chi connectivity index (χ2v) is 9.37. The first-order valence-electron chi connectivity index (χ1n) is 9.67. The molecule has 1 saturated heterocycles. The summed E-state index contributed by atoms with van der Waals surface area (Å²) in [5, 5.41) is 0.240. The number of halogens is 1. The summed E-state index contributed by atoms with van der Waals surface area (Å²) >= 11 is 6.28. The summed E-state index contributed by atoms with van der Waals surface area (Å²) in [4.78, 5) is 14.9. The maximum Gasteiger partial charge on any atom is 0.255 e. The SMILES string of the molecule is C=CCN(CCc1ccccc1)C(=O)c1cc(S(=O)(=O)N2CCCC2)ccc1Cl. The third-order valence-electron chi connectivity index (χ3n) is 5.02. The molecule has 1 aliphatic heterocycles. The number of amides is 1. The standard InChI is InChI=1S/C22H25ClN2O3S/c1-2-13-24(16-12-18-8-4-3-5-9-18)22(26)20-17-19(10-11-21(20)23)29(27,28)25-14-6-7-15-25/h2-5,8-11,17H,1,6-7,12-16H2. The fourth-order valence-electron chi connectivity index (χ4n) is 3.42. The Morgan fingerprint density at radius 1 is 1.14 bits per heavy atom. The molecule has 0 radical (unpaired) electrons. The van der Waals surface area contributed by atoms with E-state index in [-0.39, 0.29) is 21.4 Å². The topological polar surface area (TPSA) is 57.7 Å². The molecule has 154 valence electrons. The number of hydrogen-bond donors (Lipinski definition) is 0. The van der Waals surface area contributed by atoms with Crippen LogP contribution in [0.5, 0.6) is 0 Å². The van der Waals surface area contributed by atoms with Crippen molar-refractivity contribution in [1.82, 2.24) is 9.21 Å². The molecule has 0 unspecified atom stereocenters. The van der Waals surface area contributed by atoms with Crippen molar-refractivity contribution >= 4 is 27.5 Å². The van der Waals surface area contributed by atoms with Crippen molar-refractivity contribution in [2.24, 2.45) is 0 Å². The molecule has 3 rings (SSSR count). The lowest BCUT2D eigenvalue weighted by Crippen LogP contribution is -2.33. The van der Waals surface area contributed by atoms with Crippen molar-refractivity contribution in [1.29, 1.82) is 0 Å². The molecule has 7 heteroatoms. The lowest BCUT2D eigenvalue weighted by molar-refractivity contribution is 0.0775. The summed E-state index contributed by atoms with van der Waals surface area (Å²) in [6, 6.07) is 14.2. The second kappa shape index (κ2) is 9.57. The Bertz CT molecular complexity index is 971. The third kappa shape index (κ3) is 5.07. The minimum atomic E-state index is -3.62. The monoisotopic (exact) mass is 432 g/mol. The Kier molecular flexibility index (Phi) is 7.11. The first kappa shape index (κ1) is 21.6. The molecule has 0 atom stereocenters. The molecule has 0 aromatic heterocycles. The number of rotatable bonds is 8. The van der Waals surface area contributed by atoms with Crippen molar-refractivity contribution in [2.75, 3.05) is 26.2 Å². The summed E-state index contributed by atoms with van der Waals surface area (Å²) in [5.41, 5.74) is 1.31. The van der Waals surface area contributed by atoms with Gasteiger partial charge in [0, 0.05) is 26.2 Å². The van der Waals surface area contributed by atoms with Crippen molar-refractivity contribution < 1.29 is 13.2 Å². The van der Waals surface area contributed by atoms with Crippen LogP contribution in [0.1, 0.15) is 28.8 Å². The summed E-state index contributed by atoms with van der Waals surface area (Å²) in [7, 11) is -3.62. The van der Waals surface area contributed by atoms with E-state index in [2.05, 4.69) is 6.58 Å². The lowest BCUT2D eigenvalue weighted by Gasteiger charge is -2.23. The smallest absolute Gasteiger partial charge is 0.255 e. The molecule has 0 spiro atoms. The van der Waals surface area contributed by atoms with Gasteiger partial charge in [-0.3, -0.25) is 4.79 Å². The van der Waals surface area contributed by atoms with Crippen LogP contribution in [0.4, 0.5) is 0 Å². The van der Waals surface area contributed by atoms with Crippen molar-refractivity contribution in [3.05, 3.63) is 77.3 Å². The highest BCUT2D eigenvalue weighted by Gasteiger charge is 2.29. The molecule has 1 heterocycles. The Hall–Kier alpha value is -2.15. The molecule has 1 amide bonds. The second-order valence-electron chi connectivity index (χ2n) is 7.03. The zero-order chi connectivity index (χ0) is 20.9. The van der Waals surface area contributed by atoms with E-state index in [1.807, 2.05) is 30.3 Å². The van der Waals surface area contributed by atoms with Gasteiger partial charge in [0.25, 0.3) is 5.91 Å². The van der Waals surface area contributed by atoms with Gasteiger partial charge in [-0.1, -0.05) is 48.0 Å². The number of benzene rings is 2. The van der Waals surface area contributed by atoms with E-state index in [9.17, 15) is 13.2 Å². The van der Waals surface area contributed by atoms with Crippen molar-refractivity contribution in [3.8, 4) is 0 Å². The van der Waals surface area contributed by atoms with Gasteiger partial charge in [0.15, 0.2) is 0 Å². The minimum absolute atomic E-state index is 0.105. The normalized spacial score (nSPS) is 14.7. The van der Waals surface area contributed by atoms with Crippen LogP contribution in [0.25, 0.3) is 0 Å². The van der Waals surface area contributed by atoms with E-state index >= 15 is 0 Å². The van der Waals surface area contributed by atoms with Gasteiger partial charge in [-0.2, -0.15) is 4.31 Å². The molecule has 2 aromatic carbocycles. The summed E-state index contributed by atoms with van der Waals surface area (Å²) in [6.45, 7) is 5.58. The molecule has 0 bridgehead atoms. The minimum Gasteiger partial charge on any atom is -0.335 e. The molecular weight excluding hydrogens is 408 g/mol. The van der Waals surface area contributed by atoms with Crippen LogP contribution in [0.2, 0.25) is 5.02 Å². The molecule has 0 saturated carbocycles. The van der Waals surface area contributed by atoms with Gasteiger partial charge in [-0.05, 0) is 43.0 Å². The van der Waals surface area contributed by atoms with Crippen LogP contribution >= 0.6 is 11.6 Å². The van der Waals surface area contributed by atoms with Crippen LogP contribution in [-0.4, -0.2) is 49.7 Å². The number of nitrogens with zero attached hydrogens (tertiary/aromatic N) is 2. The maximum atomic E-state index is 13.2. The predicted molar refractivity (Wildman–Crippen MR) is 116 cm³/mol. The van der Waals surface area contributed by atoms with Crippen LogP contribution in [-0.2, 0) is 16.4 Å². The van der Waals surface area contributed by atoms with Gasteiger partial charge in [-0.25, -0.2) is 8.42 Å². The zero-order valence-corrected chi connectivity index (χ0v) is 17.8. The van der Waals surface area contributed by atoms with Gasteiger partial charge in [-0.15, -0.1) is 6.58 Å². The van der Waals surface area contributed by atoms with E-state index in [0.29, 0.717) is 32.6 Å². The van der Waals surface area contributed by atoms with Gasteiger partial charge in [0.1, 0.15) is 0 Å². The van der Waals surface area contributed by atoms with Gasteiger partial charge in [0.05, 0.1) is 15.5 Å². The van der Waals surface area contributed by atoms with E-state index in [4.69, 9.17) is 11.6 Å². The number of carbonyl (C=O) groups is 1. The van der Waals surface area contributed by atoms with Crippen LogP contribution in [0.15, 0.2) is 66.1 Å². The van der Waals surface area contributed by atoms with E-state index < -0.39 is 10.0 Å². The summed E-state index contributed by atoms with van der Waals surface area (Å²) in [5.74, 6) is -0.302. The van der Waals surface area contributed by atoms with Gasteiger partial charge < -0.3 is 4.90 Å². The molecule has 1 aliphatic rings. The van der Waals surface area contributed by atoms with E-state index in [1.54, 1.807) is 11.0 Å². The van der Waals surface area contributed by atoms with Gasteiger partial charge >= 0.3 is 0 Å². The fourth-order valence-corrected chi connectivity index (χ4v) is 5.16. The molecule has 5 nitrogen and oxygen atoms in total. The van der Waals surface area contributed by atoms with Crippen LogP contribution in [0, 0.1) is 0 Å². The van der Waals surface area contributed by atoms with Gasteiger partial charge in [0.2, 0.25) is 10.0 Å². The fraction of sp³-hybridized carbons (Fsp3) is 0.318. The number of sulfonamides is 1. The highest BCUT2D eigenvalue weighted by atomic mass is 35.5. The highest BCUT2D eigenvalue weighted by molar-refractivity contribution is 7.89. The maximum absolute atomic E-state index is 13.2. The largest absolute Gasteiger partial charge is 0.335 e. The predicted octanol–water partition coefficient (Wildman–Crippen LogP) is 4.00. The van der Waals surface area contributed by atoms with E-state index in [0.717, 1.165) is 18.4 Å². The lowest BCUT2D eigenvalue weighted by atomic mass is 10.1. The quantitative estimate of drug-likeness (QED) is 0.592. The van der Waals surface area contributed by atoms with E-state index in [1.165, 1.54) is 22.5 Å². The van der Waals surface area contributed by atoms with Crippen LogP contribution < -0.4 is 0 Å². The molecule has 0 N–H and O–H groups in total. The molecule has 1 fully saturated rings. The number of hydrogen-bond acceptors (Lipinski definition) is 3. The average Bonchev–Trinajstić information content (AvgIpc) is 3.27. The molecule has 2 aromatic rings. The molecule has 29 heavy (non-hydrogen) atoms. The Morgan fingerprint density at radius 2 is 1.83 bits per heavy atom. The van der Waals surface area contributed by atoms with Crippen molar-refractivity contribution in [3.63, 3.8) is 0 Å². The first-order valence-corrected chi connectivity index (χ1v) is 11.5. The summed E-state index contributed by atoms with van der Waals surface area (Å²) < 4.78 is 27.2. The highest BCUT2D eigenvalue weighted by Crippen LogP contribution is 2.26. The molecular formula is C22H25ClN2O3S. The zero-order valence-electron chi connectivity index (χ0n) is 16.3. The Balaban J connectivity index is 1.84. The number of carbonyl (C=O) groups excluding carboxylic acids is 1. The first-order chi connectivity index (χ1) is 13.9. The van der Waals surface area contributed by atoms with Crippen LogP contribution in [0.3, 0.4) is 0 Å². The third-order valence-corrected chi connectivity index (χ3v) is 7.25. The Morgan fingerprint density at radius 3 is 2.48 bits per heavy atom. The van der Waals surface area contributed by atoms with Crippen molar-refractivity contribution in [2.45, 2.75) is 24.2 Å². The average molecular weight is 433 g/mol. The molecule has 0 aliphatic carbocycles. The Labute approximate surface area is 177 Å².